The molecule has 0 bridgehead atoms. The largest absolute Gasteiger partial charge is 0.354 e. The number of rotatable bonds is 11. The molecule has 0 radical (unpaired) electrons. The smallest absolute Gasteiger partial charge is 0.264 e. The molecule has 0 aliphatic heterocycles. The van der Waals surface area contributed by atoms with Crippen molar-refractivity contribution in [1.82, 2.24) is 10.2 Å². The van der Waals surface area contributed by atoms with Gasteiger partial charge < -0.3 is 10.2 Å². The van der Waals surface area contributed by atoms with E-state index in [0.29, 0.717) is 6.54 Å². The molecule has 37 heavy (non-hydrogen) atoms. The van der Waals surface area contributed by atoms with Gasteiger partial charge in [-0.25, -0.2) is 12.8 Å². The number of hydrogen-bond acceptors (Lipinski definition) is 4. The first kappa shape index (κ1) is 27.9. The van der Waals surface area contributed by atoms with Gasteiger partial charge in [-0.05, 0) is 62.2 Å². The summed E-state index contributed by atoms with van der Waals surface area (Å²) >= 11 is 0. The van der Waals surface area contributed by atoms with Crippen LogP contribution in [0.3, 0.4) is 0 Å². The van der Waals surface area contributed by atoms with Crippen LogP contribution in [-0.4, -0.2) is 44.3 Å². The molecule has 1 N–H and O–H groups in total. The first-order valence-electron chi connectivity index (χ1n) is 12.1. The predicted molar refractivity (Wildman–Crippen MR) is 142 cm³/mol. The maximum Gasteiger partial charge on any atom is 0.264 e. The Bertz CT molecular complexity index is 1300. The summed E-state index contributed by atoms with van der Waals surface area (Å²) in [6, 6.07) is 19.4. The lowest BCUT2D eigenvalue weighted by atomic mass is 10.1. The van der Waals surface area contributed by atoms with Gasteiger partial charge in [-0.2, -0.15) is 0 Å². The highest BCUT2D eigenvalue weighted by atomic mass is 32.2. The van der Waals surface area contributed by atoms with Crippen molar-refractivity contribution < 1.29 is 22.4 Å². The zero-order chi connectivity index (χ0) is 27.0. The van der Waals surface area contributed by atoms with Crippen LogP contribution in [0, 0.1) is 12.7 Å². The normalized spacial score (nSPS) is 12.0. The summed E-state index contributed by atoms with van der Waals surface area (Å²) in [4.78, 5) is 27.8. The van der Waals surface area contributed by atoms with Crippen LogP contribution in [0.15, 0.2) is 83.8 Å². The van der Waals surface area contributed by atoms with Crippen LogP contribution < -0.4 is 9.62 Å². The number of carbonyl (C=O) groups is 2. The van der Waals surface area contributed by atoms with Gasteiger partial charge in [-0.1, -0.05) is 55.0 Å². The summed E-state index contributed by atoms with van der Waals surface area (Å²) in [5.74, 6) is -1.44. The van der Waals surface area contributed by atoms with Gasteiger partial charge in [0.2, 0.25) is 11.8 Å². The fourth-order valence-corrected chi connectivity index (χ4v) is 5.14. The Morgan fingerprint density at radius 2 is 1.57 bits per heavy atom. The maximum atomic E-state index is 13.7. The fraction of sp³-hybridized carbons (Fsp3) is 0.286. The van der Waals surface area contributed by atoms with Crippen molar-refractivity contribution >= 4 is 27.5 Å². The number of amides is 2. The quantitative estimate of drug-likeness (QED) is 0.405. The third kappa shape index (κ3) is 7.16. The highest BCUT2D eigenvalue weighted by Gasteiger charge is 2.32. The highest BCUT2D eigenvalue weighted by molar-refractivity contribution is 7.92. The number of aryl methyl sites for hydroxylation is 1. The van der Waals surface area contributed by atoms with Crippen molar-refractivity contribution in [3.63, 3.8) is 0 Å². The zero-order valence-electron chi connectivity index (χ0n) is 21.2. The predicted octanol–water partition coefficient (Wildman–Crippen LogP) is 4.27. The number of carbonyl (C=O) groups excluding carboxylic acids is 2. The van der Waals surface area contributed by atoms with Crippen LogP contribution in [-0.2, 0) is 26.2 Å². The molecule has 3 aromatic carbocycles. The zero-order valence-corrected chi connectivity index (χ0v) is 22.0. The minimum Gasteiger partial charge on any atom is -0.354 e. The molecule has 196 valence electrons. The number of sulfonamides is 1. The number of anilines is 1. The number of nitrogens with zero attached hydrogens (tertiary/aromatic N) is 2. The molecule has 0 aliphatic rings. The molecule has 7 nitrogen and oxygen atoms in total. The second-order valence-electron chi connectivity index (χ2n) is 8.78. The molecule has 0 spiro atoms. The number of nitrogens with one attached hydrogen (secondary N) is 1. The lowest BCUT2D eigenvalue weighted by Gasteiger charge is -2.32. The van der Waals surface area contributed by atoms with Crippen LogP contribution in [0.25, 0.3) is 0 Å². The van der Waals surface area contributed by atoms with E-state index in [1.807, 2.05) is 38.1 Å². The molecule has 0 aliphatic carbocycles. The summed E-state index contributed by atoms with van der Waals surface area (Å²) < 4.78 is 41.7. The van der Waals surface area contributed by atoms with Crippen molar-refractivity contribution in [2.24, 2.45) is 0 Å². The second kappa shape index (κ2) is 12.5. The third-order valence-corrected chi connectivity index (χ3v) is 7.70. The summed E-state index contributed by atoms with van der Waals surface area (Å²) in [6.07, 6.45) is 0.738. The van der Waals surface area contributed by atoms with Crippen molar-refractivity contribution in [2.45, 2.75) is 44.7 Å². The number of benzene rings is 3. The van der Waals surface area contributed by atoms with E-state index < -0.39 is 34.3 Å². The van der Waals surface area contributed by atoms with Crippen LogP contribution in [0.1, 0.15) is 31.4 Å². The SMILES string of the molecule is CCCNC(=O)[C@@H](C)N(Cc1ccc(C)cc1)C(=O)CN(c1ccccc1)S(=O)(=O)c1ccc(F)cc1. The van der Waals surface area contributed by atoms with E-state index in [0.717, 1.165) is 46.1 Å². The van der Waals surface area contributed by atoms with Crippen LogP contribution in [0.4, 0.5) is 10.1 Å². The molecule has 0 aromatic heterocycles. The van der Waals surface area contributed by atoms with E-state index in [4.69, 9.17) is 0 Å². The van der Waals surface area contributed by atoms with Gasteiger partial charge >= 0.3 is 0 Å². The first-order chi connectivity index (χ1) is 17.6. The molecular weight excluding hydrogens is 493 g/mol. The Balaban J connectivity index is 1.98. The molecule has 1 atom stereocenters. The standard InChI is InChI=1S/C28H32FN3O4S/c1-4-18-30-28(34)22(3)31(19-23-12-10-21(2)11-13-23)27(33)20-32(25-8-6-5-7-9-25)37(35,36)26-16-14-24(29)15-17-26/h5-17,22H,4,18-20H2,1-3H3,(H,30,34)/t22-/m1/s1. The van der Waals surface area contributed by atoms with E-state index in [9.17, 15) is 22.4 Å². The number of halogens is 1. The topological polar surface area (TPSA) is 86.8 Å². The molecular formula is C28H32FN3O4S. The molecule has 3 rings (SSSR count). The number of para-hydroxylation sites is 1. The Hall–Kier alpha value is -3.72. The van der Waals surface area contributed by atoms with Crippen molar-refractivity contribution in [2.75, 3.05) is 17.4 Å². The van der Waals surface area contributed by atoms with E-state index in [2.05, 4.69) is 5.32 Å². The Labute approximate surface area is 218 Å². The molecule has 3 aromatic rings. The molecule has 0 unspecified atom stereocenters. The minimum atomic E-state index is -4.22. The van der Waals surface area contributed by atoms with Gasteiger partial charge in [0.25, 0.3) is 10.0 Å². The minimum absolute atomic E-state index is 0.124. The highest BCUT2D eigenvalue weighted by Crippen LogP contribution is 2.24. The van der Waals surface area contributed by atoms with Crippen LogP contribution in [0.2, 0.25) is 0 Å². The summed E-state index contributed by atoms with van der Waals surface area (Å²) in [6.45, 7) is 5.55. The average Bonchev–Trinajstić information content (AvgIpc) is 2.90. The van der Waals surface area contributed by atoms with Gasteiger partial charge in [0.05, 0.1) is 10.6 Å². The summed E-state index contributed by atoms with van der Waals surface area (Å²) in [7, 11) is -4.22. The average molecular weight is 526 g/mol. The second-order valence-corrected chi connectivity index (χ2v) is 10.6. The van der Waals surface area contributed by atoms with Gasteiger partial charge in [-0.3, -0.25) is 13.9 Å². The maximum absolute atomic E-state index is 13.7. The van der Waals surface area contributed by atoms with Gasteiger partial charge in [0.15, 0.2) is 0 Å². The van der Waals surface area contributed by atoms with E-state index >= 15 is 0 Å². The Kier molecular flexibility index (Phi) is 9.41. The molecule has 9 heteroatoms. The van der Waals surface area contributed by atoms with E-state index in [1.165, 1.54) is 4.90 Å². The van der Waals surface area contributed by atoms with Crippen molar-refractivity contribution in [1.29, 1.82) is 0 Å². The Morgan fingerprint density at radius 3 is 2.16 bits per heavy atom. The van der Waals surface area contributed by atoms with Gasteiger partial charge in [0.1, 0.15) is 18.4 Å². The lowest BCUT2D eigenvalue weighted by Crippen LogP contribution is -2.51. The number of hydrogen-bond donors (Lipinski definition) is 1. The van der Waals surface area contributed by atoms with Crippen LogP contribution in [0.5, 0.6) is 0 Å². The van der Waals surface area contributed by atoms with Gasteiger partial charge in [-0.15, -0.1) is 0 Å². The molecule has 0 fully saturated rings. The fourth-order valence-electron chi connectivity index (χ4n) is 3.73. The van der Waals surface area contributed by atoms with Crippen LogP contribution >= 0.6 is 0 Å². The van der Waals surface area contributed by atoms with Crippen molar-refractivity contribution in [3.05, 3.63) is 95.8 Å². The van der Waals surface area contributed by atoms with E-state index in [-0.39, 0.29) is 23.0 Å². The van der Waals surface area contributed by atoms with Crippen molar-refractivity contribution in [3.8, 4) is 0 Å². The monoisotopic (exact) mass is 525 g/mol. The molecule has 0 saturated heterocycles. The summed E-state index contributed by atoms with van der Waals surface area (Å²) in [5, 5.41) is 2.81. The lowest BCUT2D eigenvalue weighted by molar-refractivity contribution is -0.139. The molecule has 0 saturated carbocycles. The van der Waals surface area contributed by atoms with Gasteiger partial charge in [0, 0.05) is 13.1 Å². The third-order valence-electron chi connectivity index (χ3n) is 5.91. The Morgan fingerprint density at radius 1 is 0.946 bits per heavy atom. The van der Waals surface area contributed by atoms with E-state index in [1.54, 1.807) is 37.3 Å². The molecule has 0 heterocycles. The first-order valence-corrected chi connectivity index (χ1v) is 13.5. The molecule has 2 amide bonds. The summed E-state index contributed by atoms with van der Waals surface area (Å²) in [5.41, 5.74) is 2.14.